The van der Waals surface area contributed by atoms with Crippen LogP contribution in [0.15, 0.2) is 42.5 Å². The summed E-state index contributed by atoms with van der Waals surface area (Å²) in [6.45, 7) is 4.17. The van der Waals surface area contributed by atoms with Gasteiger partial charge in [0.1, 0.15) is 11.5 Å². The summed E-state index contributed by atoms with van der Waals surface area (Å²) in [5, 5.41) is 4.07. The highest BCUT2D eigenvalue weighted by atomic mass is 35.5. The first-order chi connectivity index (χ1) is 10.2. The maximum absolute atomic E-state index is 6.28. The molecule has 0 spiro atoms. The minimum atomic E-state index is 0.562. The number of hydrogen-bond donors (Lipinski definition) is 1. The lowest BCUT2D eigenvalue weighted by molar-refractivity contribution is 0.430. The average molecular weight is 302 g/mol. The van der Waals surface area contributed by atoms with Crippen LogP contribution in [0.2, 0.25) is 5.02 Å². The number of benzene rings is 2. The van der Waals surface area contributed by atoms with Crippen LogP contribution in [-0.4, -0.2) is 13.1 Å². The van der Waals surface area contributed by atoms with Crippen molar-refractivity contribution in [2.45, 2.75) is 25.7 Å². The summed E-state index contributed by atoms with van der Waals surface area (Å²) in [7, 11) is 0. The Kier molecular flexibility index (Phi) is 4.47. The smallest absolute Gasteiger partial charge is 0.146 e. The van der Waals surface area contributed by atoms with Crippen LogP contribution >= 0.6 is 11.6 Å². The molecule has 1 fully saturated rings. The van der Waals surface area contributed by atoms with Gasteiger partial charge in [0, 0.05) is 0 Å². The molecule has 1 aliphatic rings. The zero-order valence-electron chi connectivity index (χ0n) is 12.2. The van der Waals surface area contributed by atoms with Crippen molar-refractivity contribution in [1.29, 1.82) is 0 Å². The summed E-state index contributed by atoms with van der Waals surface area (Å²) in [4.78, 5) is 0. The van der Waals surface area contributed by atoms with Crippen LogP contribution in [0.25, 0.3) is 0 Å². The fraction of sp³-hybridized carbons (Fsp3) is 0.333. The fourth-order valence-corrected chi connectivity index (χ4v) is 3.12. The number of para-hydroxylation sites is 1. The Morgan fingerprint density at radius 3 is 2.57 bits per heavy atom. The van der Waals surface area contributed by atoms with E-state index in [4.69, 9.17) is 16.3 Å². The van der Waals surface area contributed by atoms with Crippen molar-refractivity contribution in [2.75, 3.05) is 13.1 Å². The molecule has 0 bridgehead atoms. The fourth-order valence-electron chi connectivity index (χ4n) is 2.85. The molecule has 0 saturated carbocycles. The quantitative estimate of drug-likeness (QED) is 0.870. The number of nitrogens with one attached hydrogen (secondary N) is 1. The molecule has 0 aromatic heterocycles. The van der Waals surface area contributed by atoms with Gasteiger partial charge in [-0.1, -0.05) is 35.9 Å². The Bertz CT molecular complexity index is 620. The minimum Gasteiger partial charge on any atom is -0.456 e. The molecule has 21 heavy (non-hydrogen) atoms. The van der Waals surface area contributed by atoms with Crippen molar-refractivity contribution in [3.05, 3.63) is 58.6 Å². The van der Waals surface area contributed by atoms with E-state index >= 15 is 0 Å². The lowest BCUT2D eigenvalue weighted by atomic mass is 9.89. The molecule has 3 heteroatoms. The predicted molar refractivity (Wildman–Crippen MR) is 87.5 cm³/mol. The number of hydrogen-bond acceptors (Lipinski definition) is 2. The van der Waals surface area contributed by atoms with Crippen LogP contribution in [-0.2, 0) is 0 Å². The van der Waals surface area contributed by atoms with Gasteiger partial charge in [0.15, 0.2) is 0 Å². The molecular formula is C18H20ClNO. The maximum atomic E-state index is 6.28. The molecule has 3 rings (SSSR count). The third-order valence-corrected chi connectivity index (χ3v) is 4.30. The van der Waals surface area contributed by atoms with Crippen molar-refractivity contribution in [3.8, 4) is 11.5 Å². The van der Waals surface area contributed by atoms with Gasteiger partial charge < -0.3 is 10.1 Å². The van der Waals surface area contributed by atoms with Gasteiger partial charge in [-0.15, -0.1) is 0 Å². The van der Waals surface area contributed by atoms with E-state index in [0.29, 0.717) is 10.9 Å². The first kappa shape index (κ1) is 14.4. The molecule has 2 aromatic rings. The maximum Gasteiger partial charge on any atom is 0.146 e. The van der Waals surface area contributed by atoms with Crippen LogP contribution in [0.3, 0.4) is 0 Å². The van der Waals surface area contributed by atoms with E-state index < -0.39 is 0 Å². The summed E-state index contributed by atoms with van der Waals surface area (Å²) in [5.74, 6) is 2.21. The number of piperidine rings is 1. The van der Waals surface area contributed by atoms with Gasteiger partial charge in [-0.25, -0.2) is 0 Å². The Morgan fingerprint density at radius 1 is 1.05 bits per heavy atom. The Balaban J connectivity index is 1.88. The lowest BCUT2D eigenvalue weighted by Gasteiger charge is -2.25. The second-order valence-electron chi connectivity index (χ2n) is 5.60. The van der Waals surface area contributed by atoms with Crippen molar-refractivity contribution < 1.29 is 4.74 Å². The first-order valence-electron chi connectivity index (χ1n) is 7.47. The van der Waals surface area contributed by atoms with Crippen LogP contribution < -0.4 is 10.1 Å². The van der Waals surface area contributed by atoms with E-state index in [-0.39, 0.29) is 0 Å². The molecule has 2 nitrogen and oxygen atoms in total. The van der Waals surface area contributed by atoms with E-state index in [1.54, 1.807) is 0 Å². The standard InChI is InChI=1S/C18H20ClNO/c1-13-6-7-18(16(19)12-13)21-17-5-3-2-4-15(17)14-8-10-20-11-9-14/h2-7,12,14,20H,8-11H2,1H3. The highest BCUT2D eigenvalue weighted by Crippen LogP contribution is 2.37. The Labute approximate surface area is 131 Å². The Morgan fingerprint density at radius 2 is 1.81 bits per heavy atom. The largest absolute Gasteiger partial charge is 0.456 e. The van der Waals surface area contributed by atoms with Crippen molar-refractivity contribution in [2.24, 2.45) is 0 Å². The van der Waals surface area contributed by atoms with Crippen LogP contribution in [0, 0.1) is 6.92 Å². The van der Waals surface area contributed by atoms with E-state index in [1.165, 1.54) is 5.56 Å². The molecule has 0 unspecified atom stereocenters. The molecule has 1 saturated heterocycles. The molecule has 1 N–H and O–H groups in total. The molecule has 1 heterocycles. The summed E-state index contributed by atoms with van der Waals surface area (Å²) in [5.41, 5.74) is 2.43. The van der Waals surface area contributed by atoms with Crippen molar-refractivity contribution in [1.82, 2.24) is 5.32 Å². The molecule has 2 aromatic carbocycles. The van der Waals surface area contributed by atoms with Gasteiger partial charge in [0.25, 0.3) is 0 Å². The highest BCUT2D eigenvalue weighted by molar-refractivity contribution is 6.32. The van der Waals surface area contributed by atoms with Gasteiger partial charge in [-0.2, -0.15) is 0 Å². The molecule has 0 radical (unpaired) electrons. The summed E-state index contributed by atoms with van der Waals surface area (Å²) >= 11 is 6.28. The SMILES string of the molecule is Cc1ccc(Oc2ccccc2C2CCNCC2)c(Cl)c1. The molecule has 0 aliphatic carbocycles. The van der Waals surface area contributed by atoms with E-state index in [0.717, 1.165) is 43.0 Å². The predicted octanol–water partition coefficient (Wildman–Crippen LogP) is 4.91. The van der Waals surface area contributed by atoms with Gasteiger partial charge in [0.05, 0.1) is 5.02 Å². The lowest BCUT2D eigenvalue weighted by Crippen LogP contribution is -2.26. The number of ether oxygens (including phenoxy) is 1. The van der Waals surface area contributed by atoms with E-state index in [1.807, 2.05) is 37.3 Å². The van der Waals surface area contributed by atoms with E-state index in [9.17, 15) is 0 Å². The van der Waals surface area contributed by atoms with Gasteiger partial charge in [-0.3, -0.25) is 0 Å². The average Bonchev–Trinajstić information content (AvgIpc) is 2.51. The topological polar surface area (TPSA) is 21.3 Å². The van der Waals surface area contributed by atoms with Crippen molar-refractivity contribution >= 4 is 11.6 Å². The van der Waals surface area contributed by atoms with Gasteiger partial charge in [0.2, 0.25) is 0 Å². The normalized spacial score (nSPS) is 15.9. The summed E-state index contributed by atoms with van der Waals surface area (Å²) in [6.07, 6.45) is 2.31. The van der Waals surface area contributed by atoms with Crippen LogP contribution in [0.5, 0.6) is 11.5 Å². The van der Waals surface area contributed by atoms with Gasteiger partial charge >= 0.3 is 0 Å². The van der Waals surface area contributed by atoms with Crippen LogP contribution in [0.4, 0.5) is 0 Å². The second kappa shape index (κ2) is 6.50. The molecular weight excluding hydrogens is 282 g/mol. The van der Waals surface area contributed by atoms with E-state index in [2.05, 4.69) is 17.4 Å². The zero-order chi connectivity index (χ0) is 14.7. The van der Waals surface area contributed by atoms with Crippen LogP contribution in [0.1, 0.15) is 29.9 Å². The highest BCUT2D eigenvalue weighted by Gasteiger charge is 2.19. The number of halogens is 1. The third kappa shape index (κ3) is 3.39. The molecule has 1 aliphatic heterocycles. The van der Waals surface area contributed by atoms with Crippen molar-refractivity contribution in [3.63, 3.8) is 0 Å². The minimum absolute atomic E-state index is 0.562. The summed E-state index contributed by atoms with van der Waals surface area (Å²) < 4.78 is 6.10. The zero-order valence-corrected chi connectivity index (χ0v) is 13.0. The first-order valence-corrected chi connectivity index (χ1v) is 7.85. The molecule has 0 amide bonds. The number of rotatable bonds is 3. The molecule has 0 atom stereocenters. The monoisotopic (exact) mass is 301 g/mol. The second-order valence-corrected chi connectivity index (χ2v) is 6.01. The summed E-state index contributed by atoms with van der Waals surface area (Å²) in [6, 6.07) is 14.2. The van der Waals surface area contributed by atoms with Gasteiger partial charge in [-0.05, 0) is 68.1 Å². The third-order valence-electron chi connectivity index (χ3n) is 4.01. The number of aryl methyl sites for hydroxylation is 1. The Hall–Kier alpha value is -1.51. The molecule has 110 valence electrons.